The highest BCUT2D eigenvalue weighted by molar-refractivity contribution is 4.70. The van der Waals surface area contributed by atoms with Crippen LogP contribution in [0.1, 0.15) is 39.5 Å². The van der Waals surface area contributed by atoms with Crippen LogP contribution in [0.15, 0.2) is 0 Å². The van der Waals surface area contributed by atoms with Crippen LogP contribution in [-0.4, -0.2) is 62.7 Å². The molecule has 1 aliphatic rings. The van der Waals surface area contributed by atoms with Gasteiger partial charge < -0.3 is 10.2 Å². The van der Waals surface area contributed by atoms with Gasteiger partial charge in [0.2, 0.25) is 0 Å². The van der Waals surface area contributed by atoms with E-state index < -0.39 is 0 Å². The van der Waals surface area contributed by atoms with E-state index in [1.807, 2.05) is 0 Å². The number of hydrogen-bond donors (Lipinski definition) is 1. The minimum Gasteiger partial charge on any atom is -0.314 e. The minimum absolute atomic E-state index is 0.901. The monoisotopic (exact) mass is 255 g/mol. The fourth-order valence-corrected chi connectivity index (χ4v) is 2.70. The molecule has 1 saturated heterocycles. The van der Waals surface area contributed by atoms with Crippen molar-refractivity contribution in [3.63, 3.8) is 0 Å². The number of hydrogen-bond acceptors (Lipinski definition) is 3. The number of piperazine rings is 1. The number of rotatable bonds is 9. The van der Waals surface area contributed by atoms with E-state index >= 15 is 0 Å². The highest BCUT2D eigenvalue weighted by Crippen LogP contribution is 2.13. The molecule has 0 spiro atoms. The lowest BCUT2D eigenvalue weighted by atomic mass is 9.99. The molecule has 0 bridgehead atoms. The number of nitrogens with zero attached hydrogens (tertiary/aromatic N) is 2. The van der Waals surface area contributed by atoms with Gasteiger partial charge in [-0.2, -0.15) is 0 Å². The normalized spacial score (nSPS) is 19.3. The summed E-state index contributed by atoms with van der Waals surface area (Å²) in [7, 11) is 2.29. The van der Waals surface area contributed by atoms with Gasteiger partial charge in [-0.15, -0.1) is 0 Å². The van der Waals surface area contributed by atoms with Gasteiger partial charge >= 0.3 is 0 Å². The molecular weight excluding hydrogens is 222 g/mol. The molecule has 0 radical (unpaired) electrons. The molecule has 3 heteroatoms. The second-order valence-electron chi connectivity index (χ2n) is 5.77. The Hall–Kier alpha value is -0.120. The summed E-state index contributed by atoms with van der Waals surface area (Å²) in [5.74, 6) is 0.901. The largest absolute Gasteiger partial charge is 0.314 e. The summed E-state index contributed by atoms with van der Waals surface area (Å²) in [6.07, 6.45) is 5.47. The van der Waals surface area contributed by atoms with Crippen molar-refractivity contribution in [3.05, 3.63) is 0 Å². The Kier molecular flexibility index (Phi) is 8.64. The molecule has 1 unspecified atom stereocenters. The number of unbranched alkanes of at least 4 members (excludes halogenated alkanes) is 1. The molecule has 18 heavy (non-hydrogen) atoms. The topological polar surface area (TPSA) is 18.5 Å². The summed E-state index contributed by atoms with van der Waals surface area (Å²) in [6.45, 7) is 13.1. The van der Waals surface area contributed by atoms with E-state index in [-0.39, 0.29) is 0 Å². The fraction of sp³-hybridized carbons (Fsp3) is 1.00. The van der Waals surface area contributed by atoms with Gasteiger partial charge in [0.25, 0.3) is 0 Å². The summed E-state index contributed by atoms with van der Waals surface area (Å²) >= 11 is 0. The van der Waals surface area contributed by atoms with Crippen LogP contribution < -0.4 is 5.32 Å². The van der Waals surface area contributed by atoms with Crippen molar-refractivity contribution >= 4 is 0 Å². The van der Waals surface area contributed by atoms with E-state index in [0.717, 1.165) is 19.0 Å². The molecule has 1 rings (SSSR count). The summed E-state index contributed by atoms with van der Waals surface area (Å²) in [6, 6.07) is 0. The second kappa shape index (κ2) is 9.76. The molecule has 0 aromatic rings. The predicted molar refractivity (Wildman–Crippen MR) is 80.1 cm³/mol. The zero-order valence-electron chi connectivity index (χ0n) is 12.7. The first kappa shape index (κ1) is 15.9. The van der Waals surface area contributed by atoms with E-state index in [2.05, 4.69) is 36.0 Å². The van der Waals surface area contributed by atoms with Gasteiger partial charge in [-0.3, -0.25) is 4.90 Å². The lowest BCUT2D eigenvalue weighted by Crippen LogP contribution is -2.46. The maximum atomic E-state index is 3.41. The molecule has 108 valence electrons. The van der Waals surface area contributed by atoms with Crippen LogP contribution in [0.5, 0.6) is 0 Å². The zero-order chi connectivity index (χ0) is 13.2. The molecule has 3 nitrogen and oxygen atoms in total. The Balaban J connectivity index is 2.12. The molecule has 1 fully saturated rings. The van der Waals surface area contributed by atoms with Crippen LogP contribution >= 0.6 is 0 Å². The maximum Gasteiger partial charge on any atom is 0.0110 e. The molecule has 0 aromatic carbocycles. The molecule has 0 aliphatic carbocycles. The highest BCUT2D eigenvalue weighted by Gasteiger charge is 2.12. The first-order valence-electron chi connectivity index (χ1n) is 7.87. The molecule has 1 atom stereocenters. The molecular formula is C15H33N3. The van der Waals surface area contributed by atoms with Crippen LogP contribution in [0.3, 0.4) is 0 Å². The van der Waals surface area contributed by atoms with E-state index in [4.69, 9.17) is 0 Å². The van der Waals surface area contributed by atoms with Crippen molar-refractivity contribution in [2.75, 3.05) is 52.9 Å². The van der Waals surface area contributed by atoms with Crippen molar-refractivity contribution in [1.29, 1.82) is 0 Å². The van der Waals surface area contributed by atoms with E-state index in [1.165, 1.54) is 58.4 Å². The lowest BCUT2D eigenvalue weighted by Gasteiger charge is -2.30. The lowest BCUT2D eigenvalue weighted by molar-refractivity contribution is 0.189. The standard InChI is InChI=1S/C15H33N3/c1-4-6-7-15(5-2)14-17(3)12-13-18-10-8-16-9-11-18/h15-16H,4-14H2,1-3H3. The van der Waals surface area contributed by atoms with Crippen molar-refractivity contribution in [1.82, 2.24) is 15.1 Å². The van der Waals surface area contributed by atoms with Crippen molar-refractivity contribution in [2.24, 2.45) is 5.92 Å². The Morgan fingerprint density at radius 2 is 1.94 bits per heavy atom. The quantitative estimate of drug-likeness (QED) is 0.680. The van der Waals surface area contributed by atoms with Gasteiger partial charge in [0, 0.05) is 45.8 Å². The van der Waals surface area contributed by atoms with Crippen LogP contribution in [0.4, 0.5) is 0 Å². The van der Waals surface area contributed by atoms with Gasteiger partial charge in [-0.05, 0) is 19.4 Å². The van der Waals surface area contributed by atoms with Gasteiger partial charge in [-0.25, -0.2) is 0 Å². The Labute approximate surface area is 114 Å². The smallest absolute Gasteiger partial charge is 0.0110 e. The summed E-state index contributed by atoms with van der Waals surface area (Å²) in [4.78, 5) is 5.12. The average molecular weight is 255 g/mol. The molecule has 1 aliphatic heterocycles. The summed E-state index contributed by atoms with van der Waals surface area (Å²) in [5, 5.41) is 3.41. The fourth-order valence-electron chi connectivity index (χ4n) is 2.70. The summed E-state index contributed by atoms with van der Waals surface area (Å²) < 4.78 is 0. The molecule has 0 saturated carbocycles. The molecule has 1 heterocycles. The van der Waals surface area contributed by atoms with Crippen LogP contribution in [-0.2, 0) is 0 Å². The third-order valence-electron chi connectivity index (χ3n) is 4.12. The predicted octanol–water partition coefficient (Wildman–Crippen LogP) is 2.04. The van der Waals surface area contributed by atoms with Crippen LogP contribution in [0.2, 0.25) is 0 Å². The Morgan fingerprint density at radius 3 is 2.56 bits per heavy atom. The van der Waals surface area contributed by atoms with E-state index in [0.29, 0.717) is 0 Å². The Morgan fingerprint density at radius 1 is 1.22 bits per heavy atom. The van der Waals surface area contributed by atoms with E-state index in [9.17, 15) is 0 Å². The van der Waals surface area contributed by atoms with Crippen molar-refractivity contribution in [2.45, 2.75) is 39.5 Å². The molecule has 0 amide bonds. The number of likely N-dealkylation sites (N-methyl/N-ethyl adjacent to an activating group) is 1. The maximum absolute atomic E-state index is 3.41. The third-order valence-corrected chi connectivity index (χ3v) is 4.12. The van der Waals surface area contributed by atoms with Crippen molar-refractivity contribution < 1.29 is 0 Å². The van der Waals surface area contributed by atoms with Gasteiger partial charge in [0.05, 0.1) is 0 Å². The van der Waals surface area contributed by atoms with Gasteiger partial charge in [0.1, 0.15) is 0 Å². The zero-order valence-corrected chi connectivity index (χ0v) is 12.7. The van der Waals surface area contributed by atoms with Crippen LogP contribution in [0, 0.1) is 5.92 Å². The molecule has 0 aromatic heterocycles. The third kappa shape index (κ3) is 6.72. The van der Waals surface area contributed by atoms with Crippen LogP contribution in [0.25, 0.3) is 0 Å². The minimum atomic E-state index is 0.901. The van der Waals surface area contributed by atoms with Crippen molar-refractivity contribution in [3.8, 4) is 0 Å². The highest BCUT2D eigenvalue weighted by atomic mass is 15.2. The number of nitrogens with one attached hydrogen (secondary N) is 1. The second-order valence-corrected chi connectivity index (χ2v) is 5.77. The molecule has 1 N–H and O–H groups in total. The first-order valence-corrected chi connectivity index (χ1v) is 7.87. The van der Waals surface area contributed by atoms with Gasteiger partial charge in [0.15, 0.2) is 0 Å². The van der Waals surface area contributed by atoms with E-state index in [1.54, 1.807) is 0 Å². The first-order chi connectivity index (χ1) is 8.76. The summed E-state index contributed by atoms with van der Waals surface area (Å²) in [5.41, 5.74) is 0. The van der Waals surface area contributed by atoms with Gasteiger partial charge in [-0.1, -0.05) is 33.1 Å². The average Bonchev–Trinajstić information content (AvgIpc) is 2.42. The SMILES string of the molecule is CCCCC(CC)CN(C)CCN1CCNCC1. The Bertz CT molecular complexity index is 190.